The number of aromatic nitrogens is 6. The highest BCUT2D eigenvalue weighted by Gasteiger charge is 2.26. The van der Waals surface area contributed by atoms with Gasteiger partial charge in [0.05, 0.1) is 48.0 Å². The molecule has 4 aromatic heterocycles. The Morgan fingerprint density at radius 1 is 1.20 bits per heavy atom. The summed E-state index contributed by atoms with van der Waals surface area (Å²) in [6.07, 6.45) is 9.19. The minimum atomic E-state index is -0.0901. The molecule has 30 heavy (non-hydrogen) atoms. The van der Waals surface area contributed by atoms with E-state index in [2.05, 4.69) is 32.1 Å². The maximum atomic E-state index is 6.25. The second-order valence-corrected chi connectivity index (χ2v) is 7.85. The molecule has 0 aromatic carbocycles. The van der Waals surface area contributed by atoms with Gasteiger partial charge in [-0.1, -0.05) is 0 Å². The molecule has 0 amide bonds. The number of piperidine rings is 1. The van der Waals surface area contributed by atoms with E-state index in [0.29, 0.717) is 6.61 Å². The fourth-order valence-corrected chi connectivity index (χ4v) is 3.85. The lowest BCUT2D eigenvalue weighted by Crippen LogP contribution is -2.48. The number of fused-ring (bicyclic) bond motifs is 3. The van der Waals surface area contributed by atoms with Gasteiger partial charge in [-0.05, 0) is 32.8 Å². The van der Waals surface area contributed by atoms with E-state index in [9.17, 15) is 0 Å². The van der Waals surface area contributed by atoms with E-state index >= 15 is 0 Å². The number of hydrogen-bond donors (Lipinski definition) is 2. The average Bonchev–Trinajstić information content (AvgIpc) is 3.29. The fraction of sp³-hybridized carbons (Fsp3) is 0.400. The van der Waals surface area contributed by atoms with Crippen LogP contribution >= 0.6 is 12.4 Å². The highest BCUT2D eigenvalue weighted by molar-refractivity contribution is 6.00. The van der Waals surface area contributed by atoms with Crippen LogP contribution in [-0.2, 0) is 0 Å². The second kappa shape index (κ2) is 7.73. The molecule has 1 aliphatic rings. The van der Waals surface area contributed by atoms with Crippen LogP contribution in [0.5, 0.6) is 5.75 Å². The summed E-state index contributed by atoms with van der Waals surface area (Å²) in [4.78, 5) is 11.7. The van der Waals surface area contributed by atoms with Gasteiger partial charge >= 0.3 is 0 Å². The van der Waals surface area contributed by atoms with Gasteiger partial charge in [-0.25, -0.2) is 9.50 Å². The number of nitrogens with two attached hydrogens (primary N) is 1. The number of nitrogens with zero attached hydrogens (tertiary/aromatic N) is 6. The first-order valence-corrected chi connectivity index (χ1v) is 9.88. The summed E-state index contributed by atoms with van der Waals surface area (Å²) in [6, 6.07) is 1.98. The Bertz CT molecular complexity index is 1160. The summed E-state index contributed by atoms with van der Waals surface area (Å²) in [6.45, 7) is 6.43. The molecule has 0 unspecified atom stereocenters. The Balaban J connectivity index is 0.00000218. The lowest BCUT2D eigenvalue weighted by atomic mass is 9.91. The zero-order valence-corrected chi connectivity index (χ0v) is 17.8. The lowest BCUT2D eigenvalue weighted by molar-refractivity contribution is 0.338. The quantitative estimate of drug-likeness (QED) is 0.514. The molecule has 3 N–H and O–H groups in total. The van der Waals surface area contributed by atoms with Crippen LogP contribution in [0.3, 0.4) is 0 Å². The molecule has 0 spiro atoms. The van der Waals surface area contributed by atoms with Crippen LogP contribution < -0.4 is 15.4 Å². The topological polar surface area (TPSA) is 110 Å². The number of pyridine rings is 1. The minimum absolute atomic E-state index is 0. The second-order valence-electron chi connectivity index (χ2n) is 7.85. The van der Waals surface area contributed by atoms with E-state index in [0.717, 1.165) is 65.3 Å². The Morgan fingerprint density at radius 3 is 2.70 bits per heavy atom. The Kier molecular flexibility index (Phi) is 5.25. The van der Waals surface area contributed by atoms with Crippen molar-refractivity contribution in [3.05, 3.63) is 30.9 Å². The zero-order valence-electron chi connectivity index (χ0n) is 17.0. The summed E-state index contributed by atoms with van der Waals surface area (Å²) < 4.78 is 7.54. The molecule has 5 rings (SSSR count). The molecular weight excluding hydrogens is 404 g/mol. The molecule has 4 aromatic rings. The van der Waals surface area contributed by atoms with Crippen LogP contribution in [-0.4, -0.2) is 55.0 Å². The van der Waals surface area contributed by atoms with E-state index < -0.39 is 0 Å². The Hall–Kier alpha value is -2.91. The summed E-state index contributed by atoms with van der Waals surface area (Å²) in [5.41, 5.74) is 9.48. The predicted octanol–water partition coefficient (Wildman–Crippen LogP) is 2.81. The first kappa shape index (κ1) is 20.4. The first-order chi connectivity index (χ1) is 14.0. The molecule has 5 heterocycles. The number of ether oxygens (including phenoxy) is 1. The molecule has 0 bridgehead atoms. The highest BCUT2D eigenvalue weighted by atomic mass is 35.5. The van der Waals surface area contributed by atoms with E-state index in [-0.39, 0.29) is 17.9 Å². The van der Waals surface area contributed by atoms with Crippen LogP contribution in [0.4, 0.5) is 5.82 Å². The number of nitrogens with one attached hydrogen (secondary N) is 1. The van der Waals surface area contributed by atoms with Gasteiger partial charge in [0, 0.05) is 24.2 Å². The minimum Gasteiger partial charge on any atom is -0.492 e. The molecule has 9 nitrogen and oxygen atoms in total. The van der Waals surface area contributed by atoms with Gasteiger partial charge in [0.2, 0.25) is 0 Å². The van der Waals surface area contributed by atoms with E-state index in [1.54, 1.807) is 6.20 Å². The van der Waals surface area contributed by atoms with Crippen molar-refractivity contribution in [1.82, 2.24) is 29.8 Å². The SMILES string of the molecule is CCOc1cc(-c2cnc(N3CCC(C)(N)CC3)cn2)c2c3cn[nH]c3nn2c1.Cl. The van der Waals surface area contributed by atoms with Gasteiger partial charge in [0.1, 0.15) is 11.6 Å². The van der Waals surface area contributed by atoms with Crippen molar-refractivity contribution in [1.29, 1.82) is 0 Å². The molecule has 0 atom stereocenters. The van der Waals surface area contributed by atoms with Gasteiger partial charge in [0.25, 0.3) is 0 Å². The molecular formula is C20H25ClN8O. The van der Waals surface area contributed by atoms with Crippen LogP contribution in [0.1, 0.15) is 26.7 Å². The van der Waals surface area contributed by atoms with Crippen LogP contribution in [0.15, 0.2) is 30.9 Å². The molecule has 1 fully saturated rings. The summed E-state index contributed by atoms with van der Waals surface area (Å²) in [5, 5.41) is 12.5. The van der Waals surface area contributed by atoms with Crippen molar-refractivity contribution in [2.75, 3.05) is 24.6 Å². The standard InChI is InChI=1S/C20H24N8O.ClH/c1-3-29-13-8-14(18-15-9-24-25-19(15)26-28(18)12-13)16-10-23-17(11-22-16)27-6-4-20(2,21)5-7-27;/h8-12H,3-7,21H2,1-2H3,(H,25,26);1H. The Labute approximate surface area is 180 Å². The normalized spacial score (nSPS) is 16.0. The van der Waals surface area contributed by atoms with Crippen LogP contribution in [0, 0.1) is 0 Å². The number of H-pyrrole nitrogens is 1. The molecule has 1 aliphatic heterocycles. The number of hydrogen-bond acceptors (Lipinski definition) is 7. The molecule has 158 valence electrons. The third kappa shape index (κ3) is 3.54. The number of aromatic amines is 1. The van der Waals surface area contributed by atoms with Crippen molar-refractivity contribution in [2.24, 2.45) is 5.73 Å². The van der Waals surface area contributed by atoms with Gasteiger partial charge in [-0.3, -0.25) is 10.1 Å². The molecule has 10 heteroatoms. The van der Waals surface area contributed by atoms with Crippen molar-refractivity contribution < 1.29 is 4.74 Å². The maximum absolute atomic E-state index is 6.25. The average molecular weight is 429 g/mol. The van der Waals surface area contributed by atoms with E-state index in [1.165, 1.54) is 0 Å². The van der Waals surface area contributed by atoms with E-state index in [4.69, 9.17) is 15.5 Å². The van der Waals surface area contributed by atoms with Crippen LogP contribution in [0.25, 0.3) is 27.8 Å². The molecule has 0 aliphatic carbocycles. The first-order valence-electron chi connectivity index (χ1n) is 9.88. The Morgan fingerprint density at radius 2 is 2.00 bits per heavy atom. The summed E-state index contributed by atoms with van der Waals surface area (Å²) in [5.74, 6) is 1.61. The molecule has 0 radical (unpaired) electrons. The summed E-state index contributed by atoms with van der Waals surface area (Å²) in [7, 11) is 0. The van der Waals surface area contributed by atoms with Gasteiger partial charge in [0.15, 0.2) is 5.65 Å². The largest absolute Gasteiger partial charge is 0.492 e. The van der Waals surface area contributed by atoms with Crippen molar-refractivity contribution in [3.63, 3.8) is 0 Å². The number of anilines is 1. The summed E-state index contributed by atoms with van der Waals surface area (Å²) >= 11 is 0. The van der Waals surface area contributed by atoms with Gasteiger partial charge < -0.3 is 15.4 Å². The zero-order chi connectivity index (χ0) is 20.0. The van der Waals surface area contributed by atoms with Gasteiger partial charge in [-0.2, -0.15) is 5.10 Å². The fourth-order valence-electron chi connectivity index (χ4n) is 3.85. The predicted molar refractivity (Wildman–Crippen MR) is 118 cm³/mol. The van der Waals surface area contributed by atoms with Crippen LogP contribution in [0.2, 0.25) is 0 Å². The molecule has 0 saturated carbocycles. The third-order valence-electron chi connectivity index (χ3n) is 5.56. The molecule has 1 saturated heterocycles. The number of halogens is 1. The van der Waals surface area contributed by atoms with Crippen molar-refractivity contribution in [2.45, 2.75) is 32.2 Å². The van der Waals surface area contributed by atoms with E-state index in [1.807, 2.05) is 36.1 Å². The monoisotopic (exact) mass is 428 g/mol. The third-order valence-corrected chi connectivity index (χ3v) is 5.56. The van der Waals surface area contributed by atoms with Gasteiger partial charge in [-0.15, -0.1) is 17.5 Å². The van der Waals surface area contributed by atoms with Crippen molar-refractivity contribution in [3.8, 4) is 17.0 Å². The number of rotatable bonds is 4. The maximum Gasteiger partial charge on any atom is 0.178 e. The lowest BCUT2D eigenvalue weighted by Gasteiger charge is -2.37. The van der Waals surface area contributed by atoms with Crippen molar-refractivity contribution >= 4 is 34.8 Å². The highest BCUT2D eigenvalue weighted by Crippen LogP contribution is 2.32. The smallest absolute Gasteiger partial charge is 0.178 e.